The maximum atomic E-state index is 4.49. The number of hydrogen-bond donors (Lipinski definition) is 1. The molecular formula is C15H23N3. The normalized spacial score (nSPS) is 27.7. The van der Waals surface area contributed by atoms with Crippen LogP contribution in [0, 0.1) is 0 Å². The second kappa shape index (κ2) is 4.98. The van der Waals surface area contributed by atoms with E-state index in [4.69, 9.17) is 0 Å². The van der Waals surface area contributed by atoms with Gasteiger partial charge in [0.1, 0.15) is 0 Å². The SMILES string of the molecule is CC1CN(Cc2ccccn2)C2(CCCC2)CN1. The molecule has 3 nitrogen and oxygen atoms in total. The van der Waals surface area contributed by atoms with Gasteiger partial charge in [0.15, 0.2) is 0 Å². The lowest BCUT2D eigenvalue weighted by molar-refractivity contribution is 0.0382. The van der Waals surface area contributed by atoms with Crippen LogP contribution in [-0.2, 0) is 6.54 Å². The topological polar surface area (TPSA) is 28.2 Å². The first-order valence-electron chi connectivity index (χ1n) is 7.17. The van der Waals surface area contributed by atoms with Crippen molar-refractivity contribution in [3.05, 3.63) is 30.1 Å². The molecule has 1 aromatic heterocycles. The average molecular weight is 245 g/mol. The Balaban J connectivity index is 1.78. The minimum atomic E-state index is 0.407. The first-order valence-corrected chi connectivity index (χ1v) is 7.17. The Bertz CT molecular complexity index is 384. The molecule has 0 aromatic carbocycles. The molecule has 1 atom stereocenters. The zero-order chi connectivity index (χ0) is 12.4. The smallest absolute Gasteiger partial charge is 0.0544 e. The van der Waals surface area contributed by atoms with Crippen molar-refractivity contribution in [2.24, 2.45) is 0 Å². The van der Waals surface area contributed by atoms with Gasteiger partial charge in [-0.1, -0.05) is 18.9 Å². The molecule has 1 unspecified atom stereocenters. The van der Waals surface area contributed by atoms with Crippen LogP contribution in [0.1, 0.15) is 38.3 Å². The lowest BCUT2D eigenvalue weighted by atomic mass is 9.91. The van der Waals surface area contributed by atoms with Crippen molar-refractivity contribution in [1.29, 1.82) is 0 Å². The third-order valence-electron chi connectivity index (χ3n) is 4.56. The number of piperazine rings is 1. The zero-order valence-electron chi connectivity index (χ0n) is 11.2. The van der Waals surface area contributed by atoms with E-state index in [1.165, 1.54) is 31.4 Å². The summed E-state index contributed by atoms with van der Waals surface area (Å²) in [6.07, 6.45) is 7.37. The molecule has 1 N–H and O–H groups in total. The van der Waals surface area contributed by atoms with Crippen LogP contribution >= 0.6 is 0 Å². The summed E-state index contributed by atoms with van der Waals surface area (Å²) >= 11 is 0. The quantitative estimate of drug-likeness (QED) is 0.865. The summed E-state index contributed by atoms with van der Waals surface area (Å²) in [5.41, 5.74) is 1.61. The van der Waals surface area contributed by atoms with E-state index >= 15 is 0 Å². The van der Waals surface area contributed by atoms with E-state index in [0.717, 1.165) is 19.6 Å². The first-order chi connectivity index (χ1) is 8.78. The van der Waals surface area contributed by atoms with Gasteiger partial charge in [0.2, 0.25) is 0 Å². The number of hydrogen-bond acceptors (Lipinski definition) is 3. The molecule has 3 rings (SSSR count). The van der Waals surface area contributed by atoms with Crippen LogP contribution < -0.4 is 5.32 Å². The number of aromatic nitrogens is 1. The van der Waals surface area contributed by atoms with Gasteiger partial charge in [-0.3, -0.25) is 9.88 Å². The molecule has 98 valence electrons. The first kappa shape index (κ1) is 12.1. The Morgan fingerprint density at radius 1 is 1.39 bits per heavy atom. The summed E-state index contributed by atoms with van der Waals surface area (Å²) in [5.74, 6) is 0. The van der Waals surface area contributed by atoms with Gasteiger partial charge < -0.3 is 5.32 Å². The number of nitrogens with one attached hydrogen (secondary N) is 1. The van der Waals surface area contributed by atoms with Crippen molar-refractivity contribution in [2.75, 3.05) is 13.1 Å². The Morgan fingerprint density at radius 2 is 2.22 bits per heavy atom. The van der Waals surface area contributed by atoms with Crippen molar-refractivity contribution >= 4 is 0 Å². The molecule has 18 heavy (non-hydrogen) atoms. The van der Waals surface area contributed by atoms with E-state index in [9.17, 15) is 0 Å². The van der Waals surface area contributed by atoms with Crippen molar-refractivity contribution in [3.63, 3.8) is 0 Å². The van der Waals surface area contributed by atoms with E-state index in [2.05, 4.69) is 34.3 Å². The highest BCUT2D eigenvalue weighted by atomic mass is 15.3. The molecule has 1 aromatic rings. The van der Waals surface area contributed by atoms with Gasteiger partial charge in [-0.25, -0.2) is 0 Å². The molecule has 3 heteroatoms. The molecule has 1 saturated carbocycles. The molecule has 1 aliphatic carbocycles. The van der Waals surface area contributed by atoms with E-state index in [0.29, 0.717) is 11.6 Å². The third kappa shape index (κ3) is 2.29. The fourth-order valence-corrected chi connectivity index (χ4v) is 3.51. The second-order valence-electron chi connectivity index (χ2n) is 5.91. The Kier molecular flexibility index (Phi) is 3.35. The third-order valence-corrected chi connectivity index (χ3v) is 4.56. The molecule has 2 fully saturated rings. The fraction of sp³-hybridized carbons (Fsp3) is 0.667. The zero-order valence-corrected chi connectivity index (χ0v) is 11.2. The monoisotopic (exact) mass is 245 g/mol. The number of pyridine rings is 1. The minimum Gasteiger partial charge on any atom is -0.311 e. The van der Waals surface area contributed by atoms with Gasteiger partial charge in [-0.15, -0.1) is 0 Å². The molecule has 2 heterocycles. The van der Waals surface area contributed by atoms with Crippen LogP contribution in [0.5, 0.6) is 0 Å². The van der Waals surface area contributed by atoms with Crippen molar-refractivity contribution < 1.29 is 0 Å². The van der Waals surface area contributed by atoms with E-state index in [1.54, 1.807) is 0 Å². The highest BCUT2D eigenvalue weighted by Gasteiger charge is 2.42. The molecule has 1 spiro atoms. The average Bonchev–Trinajstić information content (AvgIpc) is 2.85. The summed E-state index contributed by atoms with van der Waals surface area (Å²) < 4.78 is 0. The fourth-order valence-electron chi connectivity index (χ4n) is 3.51. The van der Waals surface area contributed by atoms with Crippen molar-refractivity contribution in [1.82, 2.24) is 15.2 Å². The summed E-state index contributed by atoms with van der Waals surface area (Å²) in [5, 5.41) is 3.67. The van der Waals surface area contributed by atoms with Crippen LogP contribution in [0.4, 0.5) is 0 Å². The molecule has 1 saturated heterocycles. The van der Waals surface area contributed by atoms with Crippen molar-refractivity contribution in [3.8, 4) is 0 Å². The van der Waals surface area contributed by atoms with Crippen LogP contribution in [0.15, 0.2) is 24.4 Å². The van der Waals surface area contributed by atoms with Crippen LogP contribution in [0.25, 0.3) is 0 Å². The molecule has 0 radical (unpaired) electrons. The van der Waals surface area contributed by atoms with Gasteiger partial charge in [-0.05, 0) is 31.9 Å². The Morgan fingerprint density at radius 3 is 2.94 bits per heavy atom. The predicted molar refractivity (Wildman–Crippen MR) is 73.3 cm³/mol. The molecular weight excluding hydrogens is 222 g/mol. The molecule has 0 bridgehead atoms. The van der Waals surface area contributed by atoms with Gasteiger partial charge >= 0.3 is 0 Å². The van der Waals surface area contributed by atoms with Crippen molar-refractivity contribution in [2.45, 2.75) is 50.7 Å². The van der Waals surface area contributed by atoms with Gasteiger partial charge in [-0.2, -0.15) is 0 Å². The highest BCUT2D eigenvalue weighted by molar-refractivity contribution is 5.07. The lowest BCUT2D eigenvalue weighted by Crippen LogP contribution is -2.62. The minimum absolute atomic E-state index is 0.407. The molecule has 0 amide bonds. The van der Waals surface area contributed by atoms with E-state index in [1.807, 2.05) is 12.3 Å². The van der Waals surface area contributed by atoms with Gasteiger partial charge in [0.05, 0.1) is 5.69 Å². The summed E-state index contributed by atoms with van der Waals surface area (Å²) in [6, 6.07) is 6.83. The van der Waals surface area contributed by atoms with Crippen LogP contribution in [0.2, 0.25) is 0 Å². The van der Waals surface area contributed by atoms with E-state index < -0.39 is 0 Å². The summed E-state index contributed by atoms with van der Waals surface area (Å²) in [6.45, 7) is 5.59. The number of rotatable bonds is 2. The second-order valence-corrected chi connectivity index (χ2v) is 5.91. The Labute approximate surface area is 110 Å². The Hall–Kier alpha value is -0.930. The lowest BCUT2D eigenvalue weighted by Gasteiger charge is -2.47. The maximum Gasteiger partial charge on any atom is 0.0544 e. The standard InChI is InChI=1S/C15H23N3/c1-13-10-18(11-14-6-2-5-9-16-14)15(12-17-13)7-3-4-8-15/h2,5-6,9,13,17H,3-4,7-8,10-12H2,1H3. The maximum absolute atomic E-state index is 4.49. The largest absolute Gasteiger partial charge is 0.311 e. The predicted octanol–water partition coefficient (Wildman–Crippen LogP) is 2.19. The number of nitrogens with zero attached hydrogens (tertiary/aromatic N) is 2. The highest BCUT2D eigenvalue weighted by Crippen LogP contribution is 2.37. The van der Waals surface area contributed by atoms with Gasteiger partial charge in [0, 0.05) is 37.4 Å². The van der Waals surface area contributed by atoms with E-state index in [-0.39, 0.29) is 0 Å². The molecule has 2 aliphatic rings. The summed E-state index contributed by atoms with van der Waals surface area (Å²) in [4.78, 5) is 7.17. The summed E-state index contributed by atoms with van der Waals surface area (Å²) in [7, 11) is 0. The van der Waals surface area contributed by atoms with Crippen LogP contribution in [-0.4, -0.2) is 34.6 Å². The molecule has 1 aliphatic heterocycles. The van der Waals surface area contributed by atoms with Gasteiger partial charge in [0.25, 0.3) is 0 Å². The van der Waals surface area contributed by atoms with Crippen LogP contribution in [0.3, 0.4) is 0 Å².